The molecule has 0 radical (unpaired) electrons. The fraction of sp³-hybridized carbons (Fsp3) is 0. The van der Waals surface area contributed by atoms with E-state index in [2.05, 4.69) is 0 Å². The Bertz CT molecular complexity index is 703. The molecule has 0 fully saturated rings. The molecule has 0 spiro atoms. The van der Waals surface area contributed by atoms with E-state index in [9.17, 15) is 13.2 Å². The summed E-state index contributed by atoms with van der Waals surface area (Å²) in [6.07, 6.45) is 0. The topological polar surface area (TPSA) is 89.3 Å². The minimum Gasteiger partial charge on any atom is -0.399 e. The molecule has 2 aromatic carbocycles. The van der Waals surface area contributed by atoms with Gasteiger partial charge in [0.2, 0.25) is 0 Å². The van der Waals surface area contributed by atoms with Crippen LogP contribution in [-0.4, -0.2) is 14.3 Å². The number of carbonyl (C=O) groups excluding carboxylic acids is 1. The average molecular weight is 313 g/mol. The normalized spacial score (nSPS) is 10.4. The number of hydrogen-bond acceptors (Lipinski definition) is 4. The monoisotopic (exact) mass is 312 g/mol. The van der Waals surface area contributed by atoms with Crippen molar-refractivity contribution in [2.75, 3.05) is 5.73 Å². The van der Waals surface area contributed by atoms with Gasteiger partial charge < -0.3 is 5.73 Å². The zero-order chi connectivity index (χ0) is 13.9. The lowest BCUT2D eigenvalue weighted by Gasteiger charge is -2.07. The Kier molecular flexibility index (Phi) is 5.12. The third-order valence-corrected chi connectivity index (χ3v) is 3.78. The van der Waals surface area contributed by atoms with E-state index >= 15 is 0 Å². The summed E-state index contributed by atoms with van der Waals surface area (Å²) in [5, 5.41) is 0. The van der Waals surface area contributed by atoms with Gasteiger partial charge in [-0.15, -0.1) is 12.4 Å². The number of benzene rings is 2. The molecule has 0 aliphatic heterocycles. The number of anilines is 1. The lowest BCUT2D eigenvalue weighted by molar-refractivity contribution is 0.0981. The second-order valence-electron chi connectivity index (χ2n) is 3.87. The van der Waals surface area contributed by atoms with Crippen molar-refractivity contribution in [2.24, 2.45) is 0 Å². The molecule has 1 amide bonds. The Morgan fingerprint density at radius 3 is 2.25 bits per heavy atom. The van der Waals surface area contributed by atoms with E-state index in [1.165, 1.54) is 24.3 Å². The molecule has 0 aliphatic rings. The van der Waals surface area contributed by atoms with Crippen molar-refractivity contribution in [3.05, 3.63) is 60.2 Å². The number of rotatable bonds is 3. The number of nitrogen functional groups attached to an aromatic ring is 1. The molecule has 0 saturated heterocycles. The molecule has 0 aromatic heterocycles. The second-order valence-corrected chi connectivity index (χ2v) is 5.56. The third kappa shape index (κ3) is 3.72. The first-order valence-corrected chi connectivity index (χ1v) is 6.95. The summed E-state index contributed by atoms with van der Waals surface area (Å²) in [4.78, 5) is 11.9. The number of sulfonamides is 1. The van der Waals surface area contributed by atoms with Crippen LogP contribution in [0.3, 0.4) is 0 Å². The van der Waals surface area contributed by atoms with Crippen molar-refractivity contribution >= 4 is 34.0 Å². The maximum absolute atomic E-state index is 11.9. The molecule has 0 saturated carbocycles. The van der Waals surface area contributed by atoms with E-state index in [-0.39, 0.29) is 22.9 Å². The molecular weight excluding hydrogens is 300 g/mol. The maximum Gasteiger partial charge on any atom is 0.265 e. The van der Waals surface area contributed by atoms with Gasteiger partial charge in [0.15, 0.2) is 0 Å². The largest absolute Gasteiger partial charge is 0.399 e. The minimum absolute atomic E-state index is 0. The highest BCUT2D eigenvalue weighted by molar-refractivity contribution is 7.90. The van der Waals surface area contributed by atoms with Crippen LogP contribution in [0.1, 0.15) is 10.4 Å². The van der Waals surface area contributed by atoms with Crippen molar-refractivity contribution in [1.82, 2.24) is 4.72 Å². The molecule has 0 atom stereocenters. The number of nitrogens with one attached hydrogen (secondary N) is 1. The van der Waals surface area contributed by atoms with Crippen LogP contribution < -0.4 is 10.5 Å². The van der Waals surface area contributed by atoms with Gasteiger partial charge in [0.05, 0.1) is 4.90 Å². The zero-order valence-corrected chi connectivity index (χ0v) is 11.9. The van der Waals surface area contributed by atoms with E-state index in [1.54, 1.807) is 30.3 Å². The highest BCUT2D eigenvalue weighted by Gasteiger charge is 2.18. The summed E-state index contributed by atoms with van der Waals surface area (Å²) < 4.78 is 25.9. The van der Waals surface area contributed by atoms with Crippen molar-refractivity contribution in [3.63, 3.8) is 0 Å². The van der Waals surface area contributed by atoms with Crippen LogP contribution in [0.4, 0.5) is 5.69 Å². The molecule has 0 unspecified atom stereocenters. The Hall–Kier alpha value is -2.05. The molecule has 2 aromatic rings. The predicted octanol–water partition coefficient (Wildman–Crippen LogP) is 1.81. The summed E-state index contributed by atoms with van der Waals surface area (Å²) in [7, 11) is -3.86. The first-order valence-electron chi connectivity index (χ1n) is 5.47. The van der Waals surface area contributed by atoms with E-state index in [4.69, 9.17) is 5.73 Å². The van der Waals surface area contributed by atoms with Crippen LogP contribution in [0.25, 0.3) is 0 Å². The summed E-state index contributed by atoms with van der Waals surface area (Å²) in [5.74, 6) is -0.712. The van der Waals surface area contributed by atoms with Crippen molar-refractivity contribution in [1.29, 1.82) is 0 Å². The van der Waals surface area contributed by atoms with Gasteiger partial charge >= 0.3 is 0 Å². The molecule has 7 heteroatoms. The Balaban J connectivity index is 0.00000200. The molecular formula is C13H13ClN2O3S. The molecule has 2 rings (SSSR count). The van der Waals surface area contributed by atoms with Crippen LogP contribution in [0, 0.1) is 0 Å². The van der Waals surface area contributed by atoms with Crippen molar-refractivity contribution in [3.8, 4) is 0 Å². The highest BCUT2D eigenvalue weighted by Crippen LogP contribution is 2.10. The predicted molar refractivity (Wildman–Crippen MR) is 79.2 cm³/mol. The molecule has 3 N–H and O–H groups in total. The van der Waals surface area contributed by atoms with Gasteiger partial charge in [0.1, 0.15) is 0 Å². The van der Waals surface area contributed by atoms with E-state index in [0.717, 1.165) is 0 Å². The summed E-state index contributed by atoms with van der Waals surface area (Å²) in [5.41, 5.74) is 6.13. The lowest BCUT2D eigenvalue weighted by Crippen LogP contribution is -2.30. The summed E-state index contributed by atoms with van der Waals surface area (Å²) in [6, 6.07) is 13.8. The highest BCUT2D eigenvalue weighted by atomic mass is 35.5. The van der Waals surface area contributed by atoms with Gasteiger partial charge in [-0.1, -0.05) is 24.3 Å². The van der Waals surface area contributed by atoms with Crippen LogP contribution in [-0.2, 0) is 10.0 Å². The van der Waals surface area contributed by atoms with Gasteiger partial charge in [-0.3, -0.25) is 4.79 Å². The second kappa shape index (κ2) is 6.40. The number of amides is 1. The first kappa shape index (κ1) is 16.0. The van der Waals surface area contributed by atoms with E-state index < -0.39 is 15.9 Å². The summed E-state index contributed by atoms with van der Waals surface area (Å²) in [6.45, 7) is 0. The van der Waals surface area contributed by atoms with Gasteiger partial charge in [-0.05, 0) is 30.3 Å². The number of hydrogen-bond donors (Lipinski definition) is 2. The van der Waals surface area contributed by atoms with Crippen LogP contribution in [0.15, 0.2) is 59.5 Å². The molecule has 0 aliphatic carbocycles. The molecule has 0 bridgehead atoms. The first-order chi connectivity index (χ1) is 8.99. The lowest BCUT2D eigenvalue weighted by atomic mass is 10.2. The van der Waals surface area contributed by atoms with Crippen molar-refractivity contribution < 1.29 is 13.2 Å². The Labute approximate surface area is 123 Å². The van der Waals surface area contributed by atoms with Crippen LogP contribution in [0.5, 0.6) is 0 Å². The maximum atomic E-state index is 11.9. The molecule has 20 heavy (non-hydrogen) atoms. The van der Waals surface area contributed by atoms with Crippen LogP contribution in [0.2, 0.25) is 0 Å². The summed E-state index contributed by atoms with van der Waals surface area (Å²) >= 11 is 0. The van der Waals surface area contributed by atoms with E-state index in [0.29, 0.717) is 5.69 Å². The molecule has 0 heterocycles. The quantitative estimate of drug-likeness (QED) is 0.846. The molecule has 106 valence electrons. The zero-order valence-electron chi connectivity index (χ0n) is 10.3. The van der Waals surface area contributed by atoms with Crippen LogP contribution >= 0.6 is 12.4 Å². The molecule has 5 nitrogen and oxygen atoms in total. The Morgan fingerprint density at radius 1 is 1.00 bits per heavy atom. The standard InChI is InChI=1S/C13H12N2O3S.ClH/c14-11-6-4-5-10(9-11)13(16)15-19(17,18)12-7-2-1-3-8-12;/h1-9H,14H2,(H,15,16);1H. The fourth-order valence-corrected chi connectivity index (χ4v) is 2.51. The third-order valence-electron chi connectivity index (χ3n) is 2.43. The number of halogens is 1. The van der Waals surface area contributed by atoms with Gasteiger partial charge in [0, 0.05) is 11.3 Å². The average Bonchev–Trinajstić information content (AvgIpc) is 2.39. The minimum atomic E-state index is -3.86. The number of nitrogens with two attached hydrogens (primary N) is 1. The Morgan fingerprint density at radius 2 is 1.65 bits per heavy atom. The van der Waals surface area contributed by atoms with Gasteiger partial charge in [0.25, 0.3) is 15.9 Å². The van der Waals surface area contributed by atoms with Gasteiger partial charge in [-0.25, -0.2) is 13.1 Å². The smallest absolute Gasteiger partial charge is 0.265 e. The number of carbonyl (C=O) groups is 1. The van der Waals surface area contributed by atoms with Gasteiger partial charge in [-0.2, -0.15) is 0 Å². The fourth-order valence-electron chi connectivity index (χ4n) is 1.52. The van der Waals surface area contributed by atoms with E-state index in [1.807, 2.05) is 4.72 Å². The van der Waals surface area contributed by atoms with Crippen molar-refractivity contribution in [2.45, 2.75) is 4.90 Å². The SMILES string of the molecule is Cl.Nc1cccc(C(=O)NS(=O)(=O)c2ccccc2)c1.